The van der Waals surface area contributed by atoms with Crippen molar-refractivity contribution < 1.29 is 9.53 Å². The molecule has 116 valence electrons. The van der Waals surface area contributed by atoms with Crippen molar-refractivity contribution >= 4 is 5.91 Å². The van der Waals surface area contributed by atoms with E-state index in [1.54, 1.807) is 0 Å². The molecule has 3 rings (SSSR count). The van der Waals surface area contributed by atoms with E-state index in [9.17, 15) is 4.79 Å². The Bertz CT molecular complexity index is 593. The van der Waals surface area contributed by atoms with Gasteiger partial charge in [0.15, 0.2) is 0 Å². The molecule has 2 fully saturated rings. The highest BCUT2D eigenvalue weighted by Crippen LogP contribution is 2.33. The summed E-state index contributed by atoms with van der Waals surface area (Å²) >= 11 is 0. The van der Waals surface area contributed by atoms with Crippen molar-refractivity contribution in [3.8, 4) is 6.07 Å². The van der Waals surface area contributed by atoms with E-state index in [-0.39, 0.29) is 11.3 Å². The molecule has 1 aromatic carbocycles. The summed E-state index contributed by atoms with van der Waals surface area (Å²) in [5.41, 5.74) is 1.80. The van der Waals surface area contributed by atoms with Crippen molar-refractivity contribution in [3.63, 3.8) is 0 Å². The summed E-state index contributed by atoms with van der Waals surface area (Å²) in [6.07, 6.45) is 0.577. The third-order valence-electron chi connectivity index (χ3n) is 4.53. The zero-order valence-electron chi connectivity index (χ0n) is 12.9. The molecule has 0 unspecified atom stereocenters. The average molecular weight is 299 g/mol. The molecule has 5 heteroatoms. The Morgan fingerprint density at radius 1 is 1.32 bits per heavy atom. The van der Waals surface area contributed by atoms with Crippen LogP contribution in [0.5, 0.6) is 0 Å². The predicted molar refractivity (Wildman–Crippen MR) is 81.9 cm³/mol. The number of amides is 1. The molecule has 2 aliphatic heterocycles. The van der Waals surface area contributed by atoms with Crippen molar-refractivity contribution in [2.75, 3.05) is 39.9 Å². The molecule has 2 heterocycles. The Hall–Kier alpha value is -1.90. The van der Waals surface area contributed by atoms with Crippen LogP contribution in [-0.4, -0.2) is 55.6 Å². The molecule has 5 nitrogen and oxygen atoms in total. The summed E-state index contributed by atoms with van der Waals surface area (Å²) in [5.74, 6) is 0.212. The Morgan fingerprint density at radius 2 is 2.09 bits per heavy atom. The molecule has 2 saturated heterocycles. The number of rotatable bonds is 2. The first-order valence-electron chi connectivity index (χ1n) is 7.63. The average Bonchev–Trinajstić information content (AvgIpc) is 2.67. The van der Waals surface area contributed by atoms with E-state index < -0.39 is 0 Å². The lowest BCUT2D eigenvalue weighted by Crippen LogP contribution is -2.40. The Balaban J connectivity index is 1.70. The summed E-state index contributed by atoms with van der Waals surface area (Å²) < 4.78 is 5.77. The maximum atomic E-state index is 11.9. The van der Waals surface area contributed by atoms with Gasteiger partial charge < -0.3 is 9.64 Å². The second-order valence-electron chi connectivity index (χ2n) is 6.50. The van der Waals surface area contributed by atoms with Gasteiger partial charge in [-0.2, -0.15) is 5.26 Å². The van der Waals surface area contributed by atoms with Crippen LogP contribution in [0, 0.1) is 16.7 Å². The molecule has 1 spiro atoms. The van der Waals surface area contributed by atoms with Gasteiger partial charge in [0, 0.05) is 45.1 Å². The first-order chi connectivity index (χ1) is 10.6. The van der Waals surface area contributed by atoms with Gasteiger partial charge in [0.2, 0.25) is 5.91 Å². The third-order valence-corrected chi connectivity index (χ3v) is 4.53. The van der Waals surface area contributed by atoms with Crippen molar-refractivity contribution in [3.05, 3.63) is 35.4 Å². The highest BCUT2D eigenvalue weighted by molar-refractivity contribution is 5.79. The molecule has 0 bridgehead atoms. The zero-order valence-corrected chi connectivity index (χ0v) is 12.9. The predicted octanol–water partition coefficient (Wildman–Crippen LogP) is 1.24. The van der Waals surface area contributed by atoms with Crippen LogP contribution in [0.4, 0.5) is 0 Å². The molecule has 0 N–H and O–H groups in total. The van der Waals surface area contributed by atoms with E-state index in [0.717, 1.165) is 26.2 Å². The highest BCUT2D eigenvalue weighted by Gasteiger charge is 2.44. The molecule has 1 atom stereocenters. The molecule has 2 aliphatic rings. The van der Waals surface area contributed by atoms with E-state index in [1.807, 2.05) is 36.2 Å². The minimum atomic E-state index is -0.0745. The van der Waals surface area contributed by atoms with Gasteiger partial charge in [0.05, 0.1) is 24.8 Å². The Morgan fingerprint density at radius 3 is 2.73 bits per heavy atom. The second kappa shape index (κ2) is 6.07. The fourth-order valence-corrected chi connectivity index (χ4v) is 3.46. The number of benzene rings is 1. The fraction of sp³-hybridized carbons (Fsp3) is 0.529. The SMILES string of the molecule is CN1C[C@@]2(COCCN(Cc3ccc(C#N)cc3)C2)CC1=O. The summed E-state index contributed by atoms with van der Waals surface area (Å²) in [6, 6.07) is 9.85. The third kappa shape index (κ3) is 3.13. The lowest BCUT2D eigenvalue weighted by molar-refractivity contribution is -0.126. The van der Waals surface area contributed by atoms with E-state index in [2.05, 4.69) is 11.0 Å². The number of hydrogen-bond acceptors (Lipinski definition) is 4. The van der Waals surface area contributed by atoms with Gasteiger partial charge in [-0.15, -0.1) is 0 Å². The summed E-state index contributed by atoms with van der Waals surface area (Å²) in [4.78, 5) is 16.1. The molecule has 1 amide bonds. The van der Waals surface area contributed by atoms with Crippen molar-refractivity contribution in [2.24, 2.45) is 5.41 Å². The molecule has 0 saturated carbocycles. The minimum absolute atomic E-state index is 0.0745. The molecule has 22 heavy (non-hydrogen) atoms. The Labute approximate surface area is 131 Å². The monoisotopic (exact) mass is 299 g/mol. The fourth-order valence-electron chi connectivity index (χ4n) is 3.46. The standard InChI is InChI=1S/C17H21N3O2/c1-19-11-17(8-16(19)21)12-20(6-7-22-13-17)10-15-4-2-14(9-18)3-5-15/h2-5H,6-8,10-13H2,1H3/t17-/m0/s1. The van der Waals surface area contributed by atoms with Crippen LogP contribution in [0.2, 0.25) is 0 Å². The quantitative estimate of drug-likeness (QED) is 0.824. The van der Waals surface area contributed by atoms with E-state index in [0.29, 0.717) is 25.2 Å². The lowest BCUT2D eigenvalue weighted by atomic mass is 9.87. The molecule has 0 aliphatic carbocycles. The van der Waals surface area contributed by atoms with Crippen LogP contribution >= 0.6 is 0 Å². The summed E-state index contributed by atoms with van der Waals surface area (Å²) in [6.45, 7) is 4.72. The molecule has 0 radical (unpaired) electrons. The van der Waals surface area contributed by atoms with Gasteiger partial charge in [-0.3, -0.25) is 9.69 Å². The van der Waals surface area contributed by atoms with Gasteiger partial charge in [-0.25, -0.2) is 0 Å². The maximum Gasteiger partial charge on any atom is 0.223 e. The normalized spacial score (nSPS) is 26.2. The second-order valence-corrected chi connectivity index (χ2v) is 6.50. The summed E-state index contributed by atoms with van der Waals surface area (Å²) in [5, 5.41) is 8.86. The van der Waals surface area contributed by atoms with Crippen LogP contribution in [0.25, 0.3) is 0 Å². The van der Waals surface area contributed by atoms with Crippen LogP contribution in [0.1, 0.15) is 17.5 Å². The number of carbonyl (C=O) groups is 1. The maximum absolute atomic E-state index is 11.9. The Kier molecular flexibility index (Phi) is 4.14. The van der Waals surface area contributed by atoms with E-state index in [1.165, 1.54) is 5.56 Å². The van der Waals surface area contributed by atoms with Crippen LogP contribution in [0.3, 0.4) is 0 Å². The van der Waals surface area contributed by atoms with Crippen LogP contribution in [-0.2, 0) is 16.1 Å². The minimum Gasteiger partial charge on any atom is -0.379 e. The molecular weight excluding hydrogens is 278 g/mol. The largest absolute Gasteiger partial charge is 0.379 e. The number of likely N-dealkylation sites (tertiary alicyclic amines) is 1. The van der Waals surface area contributed by atoms with E-state index in [4.69, 9.17) is 10.00 Å². The van der Waals surface area contributed by atoms with Crippen molar-refractivity contribution in [2.45, 2.75) is 13.0 Å². The zero-order chi connectivity index (χ0) is 15.6. The van der Waals surface area contributed by atoms with Gasteiger partial charge in [-0.1, -0.05) is 12.1 Å². The van der Waals surface area contributed by atoms with E-state index >= 15 is 0 Å². The van der Waals surface area contributed by atoms with Gasteiger partial charge >= 0.3 is 0 Å². The summed E-state index contributed by atoms with van der Waals surface area (Å²) in [7, 11) is 1.87. The topological polar surface area (TPSA) is 56.6 Å². The van der Waals surface area contributed by atoms with Crippen LogP contribution < -0.4 is 0 Å². The smallest absolute Gasteiger partial charge is 0.223 e. The highest BCUT2D eigenvalue weighted by atomic mass is 16.5. The first-order valence-corrected chi connectivity index (χ1v) is 7.63. The van der Waals surface area contributed by atoms with Crippen LogP contribution in [0.15, 0.2) is 24.3 Å². The number of ether oxygens (including phenoxy) is 1. The molecular formula is C17H21N3O2. The first kappa shape index (κ1) is 15.0. The van der Waals surface area contributed by atoms with Crippen molar-refractivity contribution in [1.29, 1.82) is 5.26 Å². The van der Waals surface area contributed by atoms with Gasteiger partial charge in [0.25, 0.3) is 0 Å². The molecule has 1 aromatic rings. The number of hydrogen-bond donors (Lipinski definition) is 0. The number of nitrogens with zero attached hydrogens (tertiary/aromatic N) is 3. The van der Waals surface area contributed by atoms with Gasteiger partial charge in [0.1, 0.15) is 0 Å². The number of carbonyl (C=O) groups excluding carboxylic acids is 1. The lowest BCUT2D eigenvalue weighted by Gasteiger charge is -2.30. The number of nitriles is 1. The van der Waals surface area contributed by atoms with Crippen molar-refractivity contribution in [1.82, 2.24) is 9.80 Å². The molecule has 0 aromatic heterocycles. The van der Waals surface area contributed by atoms with Gasteiger partial charge in [-0.05, 0) is 17.7 Å².